The molecule has 5 aromatic carbocycles. The number of hydrogen-bond acceptors (Lipinski definition) is 4. The van der Waals surface area contributed by atoms with Crippen LogP contribution >= 0.6 is 8.24 Å². The average molecular weight is 490 g/mol. The number of fused-ring (bicyclic) bond motifs is 3. The van der Waals surface area contributed by atoms with Crippen molar-refractivity contribution in [3.05, 3.63) is 150 Å². The molecule has 0 amide bonds. The minimum absolute atomic E-state index is 0.121. The summed E-state index contributed by atoms with van der Waals surface area (Å²) in [4.78, 5) is 0. The molecule has 1 aromatic heterocycles. The van der Waals surface area contributed by atoms with E-state index in [1.807, 2.05) is 121 Å². The van der Waals surface area contributed by atoms with Crippen molar-refractivity contribution in [1.82, 2.24) is 0 Å². The maximum atomic E-state index is 11.1. The van der Waals surface area contributed by atoms with Crippen LogP contribution in [-0.2, 0) is 5.60 Å². The van der Waals surface area contributed by atoms with E-state index in [0.717, 1.165) is 21.9 Å². The minimum Gasteiger partial charge on any atom is -0.508 e. The zero-order valence-electron chi connectivity index (χ0n) is 19.3. The van der Waals surface area contributed by atoms with Gasteiger partial charge in [0.25, 0.3) is 0 Å². The summed E-state index contributed by atoms with van der Waals surface area (Å²) >= 11 is 0. The van der Waals surface area contributed by atoms with Crippen LogP contribution in [0.3, 0.4) is 0 Å². The molecule has 5 heteroatoms. The molecule has 36 heavy (non-hydrogen) atoms. The van der Waals surface area contributed by atoms with Crippen LogP contribution in [0.5, 0.6) is 5.75 Å². The van der Waals surface area contributed by atoms with Gasteiger partial charge in [0.1, 0.15) is 16.9 Å². The Hall–Kier alpha value is -4.24. The zero-order chi connectivity index (χ0) is 24.4. The summed E-state index contributed by atoms with van der Waals surface area (Å²) < 4.78 is 19.8. The van der Waals surface area contributed by atoms with Crippen LogP contribution in [0, 0.1) is 0 Å². The lowest BCUT2D eigenvalue weighted by molar-refractivity contribution is 0.206. The second kappa shape index (κ2) is 9.43. The minimum atomic E-state index is -1.95. The third-order valence-electron chi connectivity index (χ3n) is 6.27. The summed E-state index contributed by atoms with van der Waals surface area (Å²) in [5.74, 6) is 0.121. The van der Waals surface area contributed by atoms with Gasteiger partial charge in [0.05, 0.1) is 0 Å². The molecule has 0 fully saturated rings. The fourth-order valence-corrected chi connectivity index (χ4v) is 5.90. The van der Waals surface area contributed by atoms with E-state index in [1.54, 1.807) is 12.1 Å². The van der Waals surface area contributed by atoms with E-state index in [9.17, 15) is 5.11 Å². The highest BCUT2D eigenvalue weighted by molar-refractivity contribution is 7.31. The Morgan fingerprint density at radius 2 is 0.972 bits per heavy atom. The largest absolute Gasteiger partial charge is 0.508 e. The summed E-state index contributed by atoms with van der Waals surface area (Å²) in [5.41, 5.74) is 2.45. The van der Waals surface area contributed by atoms with Crippen molar-refractivity contribution >= 4 is 30.2 Å². The number of hydrogen-bond donors (Lipinski definition) is 1. The monoisotopic (exact) mass is 490 g/mol. The van der Waals surface area contributed by atoms with Gasteiger partial charge in [0.2, 0.25) is 0 Å². The molecule has 0 saturated carbocycles. The summed E-state index contributed by atoms with van der Waals surface area (Å²) in [6.07, 6.45) is 0. The Labute approximate surface area is 209 Å². The molecule has 0 spiro atoms. The number of para-hydroxylation sites is 3. The smallest absolute Gasteiger partial charge is 0.389 e. The molecule has 0 saturated heterocycles. The molecule has 4 nitrogen and oxygen atoms in total. The number of benzene rings is 5. The second-order valence-corrected chi connectivity index (χ2v) is 9.42. The highest BCUT2D eigenvalue weighted by atomic mass is 31.1. The highest BCUT2D eigenvalue weighted by Crippen LogP contribution is 2.47. The first-order valence-corrected chi connectivity index (χ1v) is 12.8. The molecule has 0 aliphatic carbocycles. The van der Waals surface area contributed by atoms with Gasteiger partial charge in [-0.3, -0.25) is 4.52 Å². The van der Waals surface area contributed by atoms with Crippen LogP contribution in [0.2, 0.25) is 0 Å². The van der Waals surface area contributed by atoms with Crippen LogP contribution in [0.4, 0.5) is 0 Å². The molecule has 0 bridgehead atoms. The molecular formula is C31H23O4P. The Morgan fingerprint density at radius 1 is 0.528 bits per heavy atom. The van der Waals surface area contributed by atoms with E-state index >= 15 is 0 Å². The van der Waals surface area contributed by atoms with Crippen molar-refractivity contribution in [2.45, 2.75) is 5.60 Å². The zero-order valence-corrected chi connectivity index (χ0v) is 20.2. The van der Waals surface area contributed by atoms with E-state index in [0.29, 0.717) is 16.7 Å². The van der Waals surface area contributed by atoms with E-state index in [1.165, 1.54) is 0 Å². The molecule has 0 radical (unpaired) electrons. The summed E-state index contributed by atoms with van der Waals surface area (Å²) in [6, 6.07) is 42.7. The fraction of sp³-hybridized carbons (Fsp3) is 0.0323. The van der Waals surface area contributed by atoms with Crippen LogP contribution in [0.15, 0.2) is 142 Å². The molecule has 1 heterocycles. The predicted octanol–water partition coefficient (Wildman–Crippen LogP) is 8.42. The van der Waals surface area contributed by atoms with Gasteiger partial charge in [0, 0.05) is 16.3 Å². The van der Waals surface area contributed by atoms with Crippen molar-refractivity contribution in [2.24, 2.45) is 0 Å². The normalized spacial score (nSPS) is 11.6. The first-order chi connectivity index (χ1) is 17.8. The molecule has 0 atom stereocenters. The SMILES string of the molecule is Oc1ccccc1C(Op1oc2ccccc2c2ccccc2o1)(c1ccccc1)c1ccccc1. The first kappa shape index (κ1) is 22.2. The maximum absolute atomic E-state index is 11.1. The van der Waals surface area contributed by atoms with Crippen molar-refractivity contribution < 1.29 is 18.0 Å². The lowest BCUT2D eigenvalue weighted by atomic mass is 9.80. The molecule has 176 valence electrons. The van der Waals surface area contributed by atoms with E-state index in [4.69, 9.17) is 12.9 Å². The van der Waals surface area contributed by atoms with Crippen LogP contribution < -0.4 is 4.52 Å². The topological polar surface area (TPSA) is 55.7 Å². The number of rotatable bonds is 5. The van der Waals surface area contributed by atoms with E-state index < -0.39 is 13.8 Å². The van der Waals surface area contributed by atoms with Crippen molar-refractivity contribution in [2.75, 3.05) is 0 Å². The molecular weight excluding hydrogens is 467 g/mol. The van der Waals surface area contributed by atoms with Gasteiger partial charge in [-0.05, 0) is 29.3 Å². The van der Waals surface area contributed by atoms with E-state index in [2.05, 4.69) is 0 Å². The number of phenolic OH excluding ortho intramolecular Hbond substituents is 1. The predicted molar refractivity (Wildman–Crippen MR) is 144 cm³/mol. The lowest BCUT2D eigenvalue weighted by Crippen LogP contribution is -2.35. The van der Waals surface area contributed by atoms with Crippen molar-refractivity contribution in [3.63, 3.8) is 0 Å². The van der Waals surface area contributed by atoms with Crippen LogP contribution in [0.25, 0.3) is 21.9 Å². The van der Waals surface area contributed by atoms with Crippen LogP contribution in [0.1, 0.15) is 16.7 Å². The van der Waals surface area contributed by atoms with Gasteiger partial charge in [-0.25, -0.2) is 0 Å². The Morgan fingerprint density at radius 3 is 1.50 bits per heavy atom. The summed E-state index contributed by atoms with van der Waals surface area (Å²) in [6.45, 7) is 0. The van der Waals surface area contributed by atoms with Gasteiger partial charge < -0.3 is 13.5 Å². The second-order valence-electron chi connectivity index (χ2n) is 8.42. The van der Waals surface area contributed by atoms with Gasteiger partial charge >= 0.3 is 8.24 Å². The Kier molecular flexibility index (Phi) is 5.82. The molecule has 0 aliphatic heterocycles. The molecule has 6 aromatic rings. The standard InChI is InChI=1S/C31H23O4P/c32-28-20-10-9-19-27(28)31(23-13-3-1-4-14-23,24-15-5-2-6-16-24)35-36-33-29-21-11-7-17-25(29)26-18-8-12-22-30(26)34-36/h1-22,32H. The van der Waals surface area contributed by atoms with Gasteiger partial charge in [-0.15, -0.1) is 0 Å². The van der Waals surface area contributed by atoms with Crippen molar-refractivity contribution in [3.8, 4) is 5.75 Å². The third kappa shape index (κ3) is 3.87. The van der Waals surface area contributed by atoms with Gasteiger partial charge in [-0.2, -0.15) is 0 Å². The molecule has 1 N–H and O–H groups in total. The first-order valence-electron chi connectivity index (χ1n) is 11.7. The molecule has 0 aliphatic rings. The molecule has 6 rings (SSSR count). The summed E-state index contributed by atoms with van der Waals surface area (Å²) in [5, 5.41) is 13.0. The average Bonchev–Trinajstić information content (AvgIpc) is 3.09. The van der Waals surface area contributed by atoms with Crippen LogP contribution in [-0.4, -0.2) is 5.11 Å². The quantitative estimate of drug-likeness (QED) is 0.247. The van der Waals surface area contributed by atoms with Crippen molar-refractivity contribution in [1.29, 1.82) is 0 Å². The maximum Gasteiger partial charge on any atom is 0.389 e. The Bertz CT molecular complexity index is 1580. The highest BCUT2D eigenvalue weighted by Gasteiger charge is 2.42. The lowest BCUT2D eigenvalue weighted by Gasteiger charge is -2.34. The molecule has 0 unspecified atom stereocenters. The Balaban J connectivity index is 1.70. The van der Waals surface area contributed by atoms with Gasteiger partial charge in [0.15, 0.2) is 5.60 Å². The number of aromatic hydroxyl groups is 1. The van der Waals surface area contributed by atoms with E-state index in [-0.39, 0.29) is 5.75 Å². The fourth-order valence-electron chi connectivity index (χ4n) is 4.62. The third-order valence-corrected chi connectivity index (χ3v) is 7.38. The summed E-state index contributed by atoms with van der Waals surface area (Å²) in [7, 11) is -1.95. The number of phenols is 1. The van der Waals surface area contributed by atoms with Gasteiger partial charge in [-0.1, -0.05) is 115 Å².